The van der Waals surface area contributed by atoms with Crippen molar-refractivity contribution in [2.45, 2.75) is 13.3 Å². The maximum absolute atomic E-state index is 6.58. The predicted molar refractivity (Wildman–Crippen MR) is 74.3 cm³/mol. The number of aryl methyl sites for hydroxylation is 1. The van der Waals surface area contributed by atoms with Crippen LogP contribution in [0.25, 0.3) is 0 Å². The molecular formula is C14H14ClP. The third-order valence-corrected chi connectivity index (χ3v) is 5.31. The van der Waals surface area contributed by atoms with Crippen LogP contribution < -0.4 is 10.6 Å². The van der Waals surface area contributed by atoms with E-state index in [0.717, 1.165) is 6.42 Å². The van der Waals surface area contributed by atoms with Crippen LogP contribution in [0.4, 0.5) is 0 Å². The highest BCUT2D eigenvalue weighted by molar-refractivity contribution is 7.95. The minimum atomic E-state index is -0.725. The first-order chi connectivity index (χ1) is 7.83. The molecule has 2 rings (SSSR count). The van der Waals surface area contributed by atoms with E-state index in [4.69, 9.17) is 11.2 Å². The highest BCUT2D eigenvalue weighted by Crippen LogP contribution is 2.39. The molecule has 82 valence electrons. The van der Waals surface area contributed by atoms with Crippen molar-refractivity contribution in [2.75, 3.05) is 0 Å². The Hall–Kier alpha value is -0.840. The first-order valence-corrected chi connectivity index (χ1v) is 7.66. The molecule has 0 saturated carbocycles. The number of benzene rings is 2. The molecule has 0 aliphatic heterocycles. The second-order valence-corrected chi connectivity index (χ2v) is 6.17. The highest BCUT2D eigenvalue weighted by atomic mass is 35.7. The highest BCUT2D eigenvalue weighted by Gasteiger charge is 2.12. The molecule has 0 saturated heterocycles. The zero-order valence-corrected chi connectivity index (χ0v) is 10.9. The monoisotopic (exact) mass is 248 g/mol. The van der Waals surface area contributed by atoms with Crippen LogP contribution in [0.15, 0.2) is 54.6 Å². The van der Waals surface area contributed by atoms with Crippen molar-refractivity contribution in [3.63, 3.8) is 0 Å². The predicted octanol–water partition coefficient (Wildman–Crippen LogP) is 3.84. The Balaban J connectivity index is 2.37. The van der Waals surface area contributed by atoms with Crippen molar-refractivity contribution in [3.8, 4) is 0 Å². The fourth-order valence-electron chi connectivity index (χ4n) is 1.70. The zero-order chi connectivity index (χ0) is 11.4. The average molecular weight is 249 g/mol. The van der Waals surface area contributed by atoms with E-state index >= 15 is 0 Å². The van der Waals surface area contributed by atoms with Crippen molar-refractivity contribution in [3.05, 3.63) is 60.2 Å². The minimum absolute atomic E-state index is 0.725. The van der Waals surface area contributed by atoms with Gasteiger partial charge in [0.05, 0.1) is 7.27 Å². The van der Waals surface area contributed by atoms with Gasteiger partial charge in [0.25, 0.3) is 0 Å². The van der Waals surface area contributed by atoms with Gasteiger partial charge in [0, 0.05) is 0 Å². The maximum atomic E-state index is 6.58. The first-order valence-electron chi connectivity index (χ1n) is 5.41. The molecule has 2 aromatic rings. The van der Waals surface area contributed by atoms with Crippen molar-refractivity contribution in [1.82, 2.24) is 0 Å². The lowest BCUT2D eigenvalue weighted by molar-refractivity contribution is 1.15. The van der Waals surface area contributed by atoms with Gasteiger partial charge in [0.15, 0.2) is 0 Å². The summed E-state index contributed by atoms with van der Waals surface area (Å²) < 4.78 is 0. The number of hydrogen-bond acceptors (Lipinski definition) is 0. The molecule has 0 bridgehead atoms. The molecule has 0 fully saturated rings. The second kappa shape index (κ2) is 5.48. The SMILES string of the molecule is CCc1ccccc1P(Cl)c1ccccc1. The van der Waals surface area contributed by atoms with Crippen LogP contribution in [-0.2, 0) is 6.42 Å². The summed E-state index contributed by atoms with van der Waals surface area (Å²) in [5, 5.41) is 2.51. The van der Waals surface area contributed by atoms with Gasteiger partial charge in [-0.2, -0.15) is 0 Å². The molecule has 0 N–H and O–H groups in total. The van der Waals surface area contributed by atoms with Crippen molar-refractivity contribution in [2.24, 2.45) is 0 Å². The van der Waals surface area contributed by atoms with Gasteiger partial charge < -0.3 is 0 Å². The quantitative estimate of drug-likeness (QED) is 0.724. The van der Waals surface area contributed by atoms with E-state index in [9.17, 15) is 0 Å². The molecule has 0 spiro atoms. The van der Waals surface area contributed by atoms with Gasteiger partial charge in [-0.15, -0.1) is 0 Å². The molecule has 16 heavy (non-hydrogen) atoms. The summed E-state index contributed by atoms with van der Waals surface area (Å²) in [6.07, 6.45) is 1.04. The zero-order valence-electron chi connectivity index (χ0n) is 9.23. The Bertz CT molecular complexity index is 453. The lowest BCUT2D eigenvalue weighted by atomic mass is 10.2. The summed E-state index contributed by atoms with van der Waals surface area (Å²) in [5.41, 5.74) is 1.35. The van der Waals surface area contributed by atoms with Gasteiger partial charge in [-0.05, 0) is 22.6 Å². The normalized spacial score (nSPS) is 12.4. The van der Waals surface area contributed by atoms with Crippen LogP contribution in [0, 0.1) is 0 Å². The molecule has 0 aromatic heterocycles. The third kappa shape index (κ3) is 2.45. The van der Waals surface area contributed by atoms with Crippen LogP contribution in [0.1, 0.15) is 12.5 Å². The van der Waals surface area contributed by atoms with E-state index in [1.54, 1.807) is 0 Å². The van der Waals surface area contributed by atoms with Crippen LogP contribution >= 0.6 is 18.5 Å². The van der Waals surface area contributed by atoms with Crippen LogP contribution in [-0.4, -0.2) is 0 Å². The fraction of sp³-hybridized carbons (Fsp3) is 0.143. The summed E-state index contributed by atoms with van der Waals surface area (Å²) in [7, 11) is -0.725. The maximum Gasteiger partial charge on any atom is 0.0527 e. The van der Waals surface area contributed by atoms with Gasteiger partial charge in [-0.3, -0.25) is 0 Å². The molecule has 0 aliphatic carbocycles. The lowest BCUT2D eigenvalue weighted by Gasteiger charge is -2.13. The van der Waals surface area contributed by atoms with Crippen LogP contribution in [0.3, 0.4) is 0 Å². The summed E-state index contributed by atoms with van der Waals surface area (Å²) >= 11 is 6.58. The van der Waals surface area contributed by atoms with E-state index in [1.807, 2.05) is 18.2 Å². The van der Waals surface area contributed by atoms with E-state index in [-0.39, 0.29) is 0 Å². The summed E-state index contributed by atoms with van der Waals surface area (Å²) in [5.74, 6) is 0. The number of halogens is 1. The molecular weight excluding hydrogens is 235 g/mol. The Morgan fingerprint density at radius 2 is 1.56 bits per heavy atom. The van der Waals surface area contributed by atoms with E-state index in [1.165, 1.54) is 16.2 Å². The molecule has 1 unspecified atom stereocenters. The molecule has 0 aliphatic rings. The molecule has 0 amide bonds. The topological polar surface area (TPSA) is 0 Å². The molecule has 0 radical (unpaired) electrons. The van der Waals surface area contributed by atoms with Crippen molar-refractivity contribution < 1.29 is 0 Å². The number of rotatable bonds is 3. The second-order valence-electron chi connectivity index (χ2n) is 3.60. The van der Waals surface area contributed by atoms with Gasteiger partial charge in [-0.25, -0.2) is 0 Å². The standard InChI is InChI=1S/C14H14ClP/c1-2-12-8-6-7-11-14(12)16(15)13-9-4-3-5-10-13/h3-11H,2H2,1H3. The largest absolute Gasteiger partial charge is 0.0859 e. The van der Waals surface area contributed by atoms with Crippen LogP contribution in [0.5, 0.6) is 0 Å². The van der Waals surface area contributed by atoms with Crippen molar-refractivity contribution >= 4 is 29.1 Å². The molecule has 2 aromatic carbocycles. The minimum Gasteiger partial charge on any atom is -0.0859 e. The van der Waals surface area contributed by atoms with Crippen LogP contribution in [0.2, 0.25) is 0 Å². The van der Waals surface area contributed by atoms with Gasteiger partial charge in [0.1, 0.15) is 0 Å². The Labute approximate surface area is 103 Å². The number of hydrogen-bond donors (Lipinski definition) is 0. The fourth-order valence-corrected chi connectivity index (χ4v) is 3.95. The molecule has 0 nitrogen and oxygen atoms in total. The molecule has 0 heterocycles. The Morgan fingerprint density at radius 1 is 0.938 bits per heavy atom. The molecule has 1 atom stereocenters. The van der Waals surface area contributed by atoms with Gasteiger partial charge >= 0.3 is 0 Å². The van der Waals surface area contributed by atoms with E-state index < -0.39 is 7.27 Å². The summed E-state index contributed by atoms with van der Waals surface area (Å²) in [6.45, 7) is 2.17. The Kier molecular flexibility index (Phi) is 3.98. The van der Waals surface area contributed by atoms with Gasteiger partial charge in [0.2, 0.25) is 0 Å². The first kappa shape index (κ1) is 11.6. The summed E-state index contributed by atoms with van der Waals surface area (Å²) in [6, 6.07) is 18.8. The van der Waals surface area contributed by atoms with Crippen molar-refractivity contribution in [1.29, 1.82) is 0 Å². The molecule has 2 heteroatoms. The van der Waals surface area contributed by atoms with E-state index in [0.29, 0.717) is 0 Å². The summed E-state index contributed by atoms with van der Waals surface area (Å²) in [4.78, 5) is 0. The smallest absolute Gasteiger partial charge is 0.0527 e. The third-order valence-electron chi connectivity index (χ3n) is 2.57. The average Bonchev–Trinajstić information content (AvgIpc) is 2.39. The van der Waals surface area contributed by atoms with Gasteiger partial charge in [-0.1, -0.05) is 72.8 Å². The van der Waals surface area contributed by atoms with E-state index in [2.05, 4.69) is 43.3 Å². The Morgan fingerprint density at radius 3 is 2.25 bits per heavy atom. The lowest BCUT2D eigenvalue weighted by Crippen LogP contribution is -2.12.